The molecule has 2 fully saturated rings. The first-order valence-electron chi connectivity index (χ1n) is 11.7. The van der Waals surface area contributed by atoms with Crippen molar-refractivity contribution < 1.29 is 19.0 Å². The molecule has 9 heteroatoms. The molecule has 4 unspecified atom stereocenters. The lowest BCUT2D eigenvalue weighted by Gasteiger charge is -2.18. The number of anilines is 2. The number of benzene rings is 2. The zero-order valence-corrected chi connectivity index (χ0v) is 19.8. The molecule has 2 N–H and O–H groups in total. The highest BCUT2D eigenvalue weighted by Crippen LogP contribution is 2.30. The molecular weight excluding hydrogens is 446 g/mol. The summed E-state index contributed by atoms with van der Waals surface area (Å²) in [6.07, 6.45) is 0.186. The summed E-state index contributed by atoms with van der Waals surface area (Å²) < 4.78 is 17.5. The summed E-state index contributed by atoms with van der Waals surface area (Å²) in [5, 5.41) is 6.11. The second kappa shape index (κ2) is 10.3. The van der Waals surface area contributed by atoms with Gasteiger partial charge in [0.25, 0.3) is 0 Å². The van der Waals surface area contributed by atoms with Crippen molar-refractivity contribution in [2.24, 2.45) is 0 Å². The van der Waals surface area contributed by atoms with Crippen molar-refractivity contribution in [3.05, 3.63) is 72.4 Å². The van der Waals surface area contributed by atoms with Gasteiger partial charge in [-0.1, -0.05) is 42.5 Å². The van der Waals surface area contributed by atoms with Gasteiger partial charge in [0, 0.05) is 38.1 Å². The Balaban J connectivity index is 1.17. The Hall–Kier alpha value is -3.69. The number of fused-ring (bicyclic) bond motifs is 1. The molecule has 0 saturated carbocycles. The van der Waals surface area contributed by atoms with E-state index in [9.17, 15) is 4.79 Å². The minimum Gasteiger partial charge on any atom is -0.441 e. The third-order valence-corrected chi connectivity index (χ3v) is 6.20. The van der Waals surface area contributed by atoms with Crippen molar-refractivity contribution in [3.8, 4) is 11.3 Å². The number of hydrogen-bond donors (Lipinski definition) is 2. The number of aromatic nitrogens is 2. The predicted octanol–water partition coefficient (Wildman–Crippen LogP) is 3.08. The van der Waals surface area contributed by atoms with E-state index in [1.807, 2.05) is 62.6 Å². The molecule has 182 valence electrons. The van der Waals surface area contributed by atoms with Crippen molar-refractivity contribution in [1.29, 1.82) is 0 Å². The van der Waals surface area contributed by atoms with Crippen molar-refractivity contribution >= 4 is 17.7 Å². The third kappa shape index (κ3) is 5.36. The van der Waals surface area contributed by atoms with Crippen LogP contribution < -0.4 is 15.5 Å². The average Bonchev–Trinajstić information content (AvgIpc) is 3.47. The van der Waals surface area contributed by atoms with Crippen LogP contribution in [0.25, 0.3) is 11.3 Å². The quantitative estimate of drug-likeness (QED) is 0.538. The Kier molecular flexibility index (Phi) is 6.78. The van der Waals surface area contributed by atoms with E-state index < -0.39 is 12.2 Å². The molecule has 3 aromatic rings. The van der Waals surface area contributed by atoms with Gasteiger partial charge < -0.3 is 29.7 Å². The van der Waals surface area contributed by atoms with Gasteiger partial charge in [0.05, 0.1) is 24.9 Å². The number of carbonyl (C=O) groups is 1. The van der Waals surface area contributed by atoms with Crippen molar-refractivity contribution in [3.63, 3.8) is 0 Å². The molecule has 1 amide bonds. The van der Waals surface area contributed by atoms with Gasteiger partial charge >= 0.3 is 6.09 Å². The lowest BCUT2D eigenvalue weighted by molar-refractivity contribution is 0.00431. The number of nitrogens with one attached hydrogen (secondary N) is 2. The largest absolute Gasteiger partial charge is 0.441 e. The minimum atomic E-state index is -0.487. The van der Waals surface area contributed by atoms with E-state index in [2.05, 4.69) is 37.6 Å². The molecule has 0 bridgehead atoms. The maximum atomic E-state index is 12.3. The molecule has 2 aromatic carbocycles. The van der Waals surface area contributed by atoms with Crippen molar-refractivity contribution in [2.45, 2.75) is 30.9 Å². The maximum Gasteiger partial charge on any atom is 0.407 e. The van der Waals surface area contributed by atoms with Crippen LogP contribution in [0.1, 0.15) is 5.56 Å². The highest BCUT2D eigenvalue weighted by atomic mass is 16.6. The molecule has 4 atom stereocenters. The van der Waals surface area contributed by atoms with Crippen LogP contribution in [-0.4, -0.2) is 67.7 Å². The third-order valence-electron chi connectivity index (χ3n) is 6.20. The first-order valence-corrected chi connectivity index (χ1v) is 11.7. The first-order chi connectivity index (χ1) is 17.1. The Morgan fingerprint density at radius 2 is 1.80 bits per heavy atom. The lowest BCUT2D eigenvalue weighted by atomic mass is 10.1. The fourth-order valence-electron chi connectivity index (χ4n) is 4.32. The van der Waals surface area contributed by atoms with E-state index >= 15 is 0 Å². The summed E-state index contributed by atoms with van der Waals surface area (Å²) in [4.78, 5) is 23.4. The van der Waals surface area contributed by atoms with E-state index in [1.165, 1.54) is 0 Å². The summed E-state index contributed by atoms with van der Waals surface area (Å²) in [6.45, 7) is 1.09. The van der Waals surface area contributed by atoms with E-state index in [0.717, 1.165) is 22.5 Å². The number of hydrogen-bond acceptors (Lipinski definition) is 8. The molecule has 2 aliphatic heterocycles. The van der Waals surface area contributed by atoms with Crippen LogP contribution in [0.3, 0.4) is 0 Å². The van der Waals surface area contributed by atoms with Crippen LogP contribution in [0, 0.1) is 0 Å². The van der Waals surface area contributed by atoms with Gasteiger partial charge in [0.1, 0.15) is 12.2 Å². The fraction of sp³-hybridized carbons (Fsp3) is 0.346. The summed E-state index contributed by atoms with van der Waals surface area (Å²) in [7, 11) is 4.02. The molecule has 5 rings (SSSR count). The van der Waals surface area contributed by atoms with Crippen LogP contribution in [0.4, 0.5) is 16.4 Å². The normalized spacial score (nSPS) is 22.9. The number of nitrogens with zero attached hydrogens (tertiary/aromatic N) is 3. The second-order valence-electron chi connectivity index (χ2n) is 8.84. The van der Waals surface area contributed by atoms with Gasteiger partial charge in [-0.15, -0.1) is 0 Å². The van der Waals surface area contributed by atoms with E-state index in [0.29, 0.717) is 19.1 Å². The number of carbonyl (C=O) groups excluding carboxylic acids is 1. The summed E-state index contributed by atoms with van der Waals surface area (Å²) in [5.41, 5.74) is 3.96. The molecule has 1 aromatic heterocycles. The molecule has 0 aliphatic carbocycles. The van der Waals surface area contributed by atoms with Crippen molar-refractivity contribution in [1.82, 2.24) is 15.3 Å². The monoisotopic (exact) mass is 475 g/mol. The molecular formula is C26H29N5O4. The summed E-state index contributed by atoms with van der Waals surface area (Å²) in [6, 6.07) is 19.6. The van der Waals surface area contributed by atoms with Gasteiger partial charge in [-0.25, -0.2) is 14.8 Å². The Bertz CT molecular complexity index is 1140. The number of amides is 1. The summed E-state index contributed by atoms with van der Waals surface area (Å²) in [5.74, 6) is 0.502. The molecule has 2 saturated heterocycles. The van der Waals surface area contributed by atoms with Crippen LogP contribution >= 0.6 is 0 Å². The molecule has 0 spiro atoms. The Labute approximate surface area is 204 Å². The first kappa shape index (κ1) is 23.1. The zero-order valence-electron chi connectivity index (χ0n) is 19.8. The van der Waals surface area contributed by atoms with Gasteiger partial charge in [0.15, 0.2) is 6.10 Å². The van der Waals surface area contributed by atoms with Crippen LogP contribution in [0.5, 0.6) is 0 Å². The lowest BCUT2D eigenvalue weighted by Crippen LogP contribution is -2.39. The highest BCUT2D eigenvalue weighted by Gasteiger charge is 2.49. The summed E-state index contributed by atoms with van der Waals surface area (Å²) >= 11 is 0. The van der Waals surface area contributed by atoms with Crippen LogP contribution in [0.2, 0.25) is 0 Å². The van der Waals surface area contributed by atoms with Gasteiger partial charge in [0.2, 0.25) is 5.95 Å². The van der Waals surface area contributed by atoms with E-state index in [-0.39, 0.29) is 24.9 Å². The highest BCUT2D eigenvalue weighted by molar-refractivity contribution is 5.67. The maximum absolute atomic E-state index is 12.3. The minimum absolute atomic E-state index is 0.146. The molecule has 0 radical (unpaired) electrons. The Morgan fingerprint density at radius 1 is 1.03 bits per heavy atom. The van der Waals surface area contributed by atoms with Crippen molar-refractivity contribution in [2.75, 3.05) is 37.5 Å². The van der Waals surface area contributed by atoms with E-state index in [1.54, 1.807) is 6.20 Å². The van der Waals surface area contributed by atoms with Gasteiger partial charge in [-0.05, 0) is 23.8 Å². The van der Waals surface area contributed by atoms with Crippen LogP contribution in [0.15, 0.2) is 66.9 Å². The molecule has 35 heavy (non-hydrogen) atoms. The number of alkyl carbamates (subject to hydrolysis) is 1. The Morgan fingerprint density at radius 3 is 2.57 bits per heavy atom. The molecule has 9 nitrogen and oxygen atoms in total. The van der Waals surface area contributed by atoms with Gasteiger partial charge in [-0.2, -0.15) is 0 Å². The predicted molar refractivity (Wildman–Crippen MR) is 132 cm³/mol. The SMILES string of the molecule is CN(C)c1ccc(-c2ccnc(NC3COC4C(OC(=O)NCc5ccccc5)COC34)n2)cc1. The number of ether oxygens (including phenoxy) is 3. The fourth-order valence-corrected chi connectivity index (χ4v) is 4.32. The molecule has 3 heterocycles. The number of rotatable bonds is 7. The second-order valence-corrected chi connectivity index (χ2v) is 8.84. The molecule has 2 aliphatic rings. The van der Waals surface area contributed by atoms with Crippen LogP contribution in [-0.2, 0) is 20.8 Å². The average molecular weight is 476 g/mol. The van der Waals surface area contributed by atoms with E-state index in [4.69, 9.17) is 14.2 Å². The standard InChI is InChI=1S/C26H29N5O4/c1-31(2)19-10-8-18(9-11-19)20-12-13-27-25(29-20)30-21-15-33-24-22(16-34-23(21)24)35-26(32)28-14-17-6-4-3-5-7-17/h3-13,21-24H,14-16H2,1-2H3,(H,28,32)(H,27,29,30). The smallest absolute Gasteiger partial charge is 0.407 e. The van der Waals surface area contributed by atoms with Gasteiger partial charge in [-0.3, -0.25) is 0 Å². The zero-order chi connectivity index (χ0) is 24.2. The topological polar surface area (TPSA) is 97.8 Å².